The van der Waals surface area contributed by atoms with E-state index in [1.807, 2.05) is 13.0 Å². The third-order valence-corrected chi connectivity index (χ3v) is 1.88. The maximum atomic E-state index is 11.4. The van der Waals surface area contributed by atoms with Gasteiger partial charge in [-0.1, -0.05) is 11.6 Å². The summed E-state index contributed by atoms with van der Waals surface area (Å²) >= 11 is 0. The van der Waals surface area contributed by atoms with E-state index in [1.54, 1.807) is 19.1 Å². The van der Waals surface area contributed by atoms with E-state index in [-0.39, 0.29) is 5.56 Å². The SMILES string of the molecule is Cc1ccc2oc(C)nc(=O)c2c1. The van der Waals surface area contributed by atoms with Gasteiger partial charge in [-0.05, 0) is 19.1 Å². The first-order valence-electron chi connectivity index (χ1n) is 4.05. The maximum Gasteiger partial charge on any atom is 0.283 e. The largest absolute Gasteiger partial charge is 0.442 e. The summed E-state index contributed by atoms with van der Waals surface area (Å²) in [7, 11) is 0. The molecule has 0 spiro atoms. The van der Waals surface area contributed by atoms with Crippen LogP contribution in [0.4, 0.5) is 0 Å². The van der Waals surface area contributed by atoms with Gasteiger partial charge in [-0.25, -0.2) is 0 Å². The third-order valence-electron chi connectivity index (χ3n) is 1.88. The van der Waals surface area contributed by atoms with Crippen molar-refractivity contribution >= 4 is 11.0 Å². The molecule has 0 aliphatic carbocycles. The first-order chi connectivity index (χ1) is 6.16. The molecule has 66 valence electrons. The first kappa shape index (κ1) is 7.98. The van der Waals surface area contributed by atoms with Gasteiger partial charge in [0.15, 0.2) is 5.89 Å². The smallest absolute Gasteiger partial charge is 0.283 e. The van der Waals surface area contributed by atoms with E-state index in [1.165, 1.54) is 0 Å². The van der Waals surface area contributed by atoms with E-state index in [0.717, 1.165) is 5.56 Å². The summed E-state index contributed by atoms with van der Waals surface area (Å²) in [6.07, 6.45) is 0. The molecule has 2 rings (SSSR count). The average Bonchev–Trinajstić information content (AvgIpc) is 2.06. The minimum absolute atomic E-state index is 0.220. The molecule has 0 bridgehead atoms. The summed E-state index contributed by atoms with van der Waals surface area (Å²) in [4.78, 5) is 15.1. The second-order valence-corrected chi connectivity index (χ2v) is 3.04. The fraction of sp³-hybridized carbons (Fsp3) is 0.200. The van der Waals surface area contributed by atoms with Crippen LogP contribution in [0.25, 0.3) is 11.0 Å². The number of hydrogen-bond donors (Lipinski definition) is 0. The Morgan fingerprint density at radius 2 is 2.08 bits per heavy atom. The predicted molar refractivity (Wildman–Crippen MR) is 49.8 cm³/mol. The summed E-state index contributed by atoms with van der Waals surface area (Å²) in [5.41, 5.74) is 1.41. The van der Waals surface area contributed by atoms with Crippen LogP contribution in [0.1, 0.15) is 11.5 Å². The zero-order valence-electron chi connectivity index (χ0n) is 7.50. The van der Waals surface area contributed by atoms with Gasteiger partial charge in [0.25, 0.3) is 5.56 Å². The monoisotopic (exact) mass is 175 g/mol. The lowest BCUT2D eigenvalue weighted by Crippen LogP contribution is -2.07. The molecule has 0 aliphatic heterocycles. The number of hydrogen-bond acceptors (Lipinski definition) is 3. The average molecular weight is 175 g/mol. The van der Waals surface area contributed by atoms with Crippen LogP contribution in [0.2, 0.25) is 0 Å². The van der Waals surface area contributed by atoms with Crippen molar-refractivity contribution in [3.8, 4) is 0 Å². The molecule has 0 atom stereocenters. The summed E-state index contributed by atoms with van der Waals surface area (Å²) in [6.45, 7) is 3.60. The Bertz CT molecular complexity index is 514. The standard InChI is InChI=1S/C10H9NO2/c1-6-3-4-9-8(5-6)10(12)11-7(2)13-9/h3-5H,1-2H3. The molecule has 2 aromatic rings. The van der Waals surface area contributed by atoms with Gasteiger partial charge in [-0.2, -0.15) is 4.98 Å². The molecule has 3 heteroatoms. The second-order valence-electron chi connectivity index (χ2n) is 3.04. The van der Waals surface area contributed by atoms with Crippen molar-refractivity contribution in [3.63, 3.8) is 0 Å². The van der Waals surface area contributed by atoms with E-state index < -0.39 is 0 Å². The van der Waals surface area contributed by atoms with Crippen LogP contribution >= 0.6 is 0 Å². The minimum atomic E-state index is -0.220. The number of aryl methyl sites for hydroxylation is 2. The number of rotatable bonds is 0. The number of aromatic nitrogens is 1. The lowest BCUT2D eigenvalue weighted by molar-refractivity contribution is 0.534. The van der Waals surface area contributed by atoms with Crippen molar-refractivity contribution in [2.75, 3.05) is 0 Å². The molecule has 0 saturated heterocycles. The highest BCUT2D eigenvalue weighted by molar-refractivity contribution is 5.76. The minimum Gasteiger partial charge on any atom is -0.442 e. The molecule has 0 saturated carbocycles. The molecule has 0 aliphatic rings. The van der Waals surface area contributed by atoms with Crippen LogP contribution < -0.4 is 5.56 Å². The molecule has 0 unspecified atom stereocenters. The molecule has 0 N–H and O–H groups in total. The van der Waals surface area contributed by atoms with Crippen molar-refractivity contribution in [1.82, 2.24) is 4.98 Å². The summed E-state index contributed by atoms with van der Waals surface area (Å²) < 4.78 is 5.29. The molecule has 3 nitrogen and oxygen atoms in total. The van der Waals surface area contributed by atoms with Gasteiger partial charge in [0.2, 0.25) is 0 Å². The van der Waals surface area contributed by atoms with Gasteiger partial charge in [0, 0.05) is 6.92 Å². The van der Waals surface area contributed by atoms with Gasteiger partial charge in [-0.3, -0.25) is 4.79 Å². The Morgan fingerprint density at radius 1 is 1.31 bits per heavy atom. The molecule has 1 heterocycles. The Labute approximate surface area is 75.0 Å². The summed E-state index contributed by atoms with van der Waals surface area (Å²) in [5, 5.41) is 0.547. The van der Waals surface area contributed by atoms with Crippen molar-refractivity contribution in [2.24, 2.45) is 0 Å². The Kier molecular flexibility index (Phi) is 1.65. The number of nitrogens with zero attached hydrogens (tertiary/aromatic N) is 1. The molecule has 0 amide bonds. The zero-order chi connectivity index (χ0) is 9.42. The Balaban J connectivity index is 2.95. The third kappa shape index (κ3) is 1.33. The molecular formula is C10H9NO2. The number of benzene rings is 1. The summed E-state index contributed by atoms with van der Waals surface area (Å²) in [5.74, 6) is 0.404. The van der Waals surface area contributed by atoms with Crippen LogP contribution in [-0.2, 0) is 0 Å². The van der Waals surface area contributed by atoms with Crippen LogP contribution in [0.3, 0.4) is 0 Å². The predicted octanol–water partition coefficient (Wildman–Crippen LogP) is 1.80. The lowest BCUT2D eigenvalue weighted by Gasteiger charge is -1.97. The zero-order valence-corrected chi connectivity index (χ0v) is 7.50. The second kappa shape index (κ2) is 2.69. The van der Waals surface area contributed by atoms with Gasteiger partial charge in [-0.15, -0.1) is 0 Å². The van der Waals surface area contributed by atoms with Crippen molar-refractivity contribution in [1.29, 1.82) is 0 Å². The Hall–Kier alpha value is -1.64. The lowest BCUT2D eigenvalue weighted by atomic mass is 10.2. The topological polar surface area (TPSA) is 43.1 Å². The van der Waals surface area contributed by atoms with E-state index in [2.05, 4.69) is 4.98 Å². The van der Waals surface area contributed by atoms with Gasteiger partial charge >= 0.3 is 0 Å². The van der Waals surface area contributed by atoms with Crippen molar-refractivity contribution < 1.29 is 4.42 Å². The number of fused-ring (bicyclic) bond motifs is 1. The fourth-order valence-electron chi connectivity index (χ4n) is 1.29. The van der Waals surface area contributed by atoms with Gasteiger partial charge in [0.1, 0.15) is 5.58 Å². The first-order valence-corrected chi connectivity index (χ1v) is 4.05. The molecule has 0 fully saturated rings. The highest BCUT2D eigenvalue weighted by atomic mass is 16.3. The maximum absolute atomic E-state index is 11.4. The molecule has 13 heavy (non-hydrogen) atoms. The van der Waals surface area contributed by atoms with E-state index in [4.69, 9.17) is 4.42 Å². The van der Waals surface area contributed by atoms with Crippen LogP contribution in [-0.4, -0.2) is 4.98 Å². The molecule has 1 aromatic carbocycles. The molecular weight excluding hydrogens is 166 g/mol. The van der Waals surface area contributed by atoms with Crippen LogP contribution in [0.15, 0.2) is 27.4 Å². The van der Waals surface area contributed by atoms with E-state index in [0.29, 0.717) is 16.9 Å². The molecule has 0 radical (unpaired) electrons. The van der Waals surface area contributed by atoms with E-state index >= 15 is 0 Å². The van der Waals surface area contributed by atoms with Crippen LogP contribution in [0.5, 0.6) is 0 Å². The van der Waals surface area contributed by atoms with Gasteiger partial charge < -0.3 is 4.42 Å². The highest BCUT2D eigenvalue weighted by Gasteiger charge is 2.02. The van der Waals surface area contributed by atoms with Crippen molar-refractivity contribution in [2.45, 2.75) is 13.8 Å². The quantitative estimate of drug-likeness (QED) is 0.613. The highest BCUT2D eigenvalue weighted by Crippen LogP contribution is 2.11. The molecule has 1 aromatic heterocycles. The summed E-state index contributed by atoms with van der Waals surface area (Å²) in [6, 6.07) is 5.49. The van der Waals surface area contributed by atoms with Crippen molar-refractivity contribution in [3.05, 3.63) is 40.0 Å². The Morgan fingerprint density at radius 3 is 2.85 bits per heavy atom. The fourth-order valence-corrected chi connectivity index (χ4v) is 1.29. The van der Waals surface area contributed by atoms with Crippen LogP contribution in [0, 0.1) is 13.8 Å². The van der Waals surface area contributed by atoms with Gasteiger partial charge in [0.05, 0.1) is 5.39 Å². The van der Waals surface area contributed by atoms with E-state index in [9.17, 15) is 4.79 Å². The normalized spacial score (nSPS) is 10.6.